The van der Waals surface area contributed by atoms with Crippen LogP contribution in [-0.4, -0.2) is 16.3 Å². The van der Waals surface area contributed by atoms with E-state index in [1.807, 2.05) is 0 Å². The normalized spacial score (nSPS) is 10.8. The number of halogens is 6. The van der Waals surface area contributed by atoms with E-state index in [9.17, 15) is 27.2 Å². The van der Waals surface area contributed by atoms with Gasteiger partial charge in [-0.3, -0.25) is 4.79 Å². The molecular weight excluding hydrogens is 443 g/mol. The van der Waals surface area contributed by atoms with Crippen molar-refractivity contribution in [2.45, 2.75) is 0 Å². The van der Waals surface area contributed by atoms with Gasteiger partial charge >= 0.3 is 5.97 Å². The first-order valence-corrected chi connectivity index (χ1v) is 8.81. The number of carboxylic acids is 1. The topological polar surface area (TPSA) is 54.4 Å². The molecule has 1 aromatic heterocycles. The number of fused-ring (bicyclic) bond motifs is 1. The molecule has 0 aliphatic heterocycles. The molecule has 0 fully saturated rings. The molecule has 10 heteroatoms. The maximum atomic E-state index is 13.3. The van der Waals surface area contributed by atoms with Crippen molar-refractivity contribution in [3.63, 3.8) is 0 Å². The van der Waals surface area contributed by atoms with Crippen molar-refractivity contribution in [3.8, 4) is 0 Å². The van der Waals surface area contributed by atoms with Gasteiger partial charge < -0.3 is 5.11 Å². The van der Waals surface area contributed by atoms with Crippen molar-refractivity contribution >= 4 is 61.9 Å². The van der Waals surface area contributed by atoms with Gasteiger partial charge in [0.25, 0.3) is 5.24 Å². The molecule has 1 heterocycles. The van der Waals surface area contributed by atoms with E-state index in [4.69, 9.17) is 28.3 Å². The first kappa shape index (κ1) is 21.9. The summed E-state index contributed by atoms with van der Waals surface area (Å²) in [6.07, 6.45) is 1.75. The molecule has 0 aliphatic carbocycles. The molecule has 0 unspecified atom stereocenters. The van der Waals surface area contributed by atoms with E-state index in [1.54, 1.807) is 0 Å². The molecule has 0 saturated carbocycles. The second-order valence-corrected chi connectivity index (χ2v) is 6.83. The van der Waals surface area contributed by atoms with E-state index in [2.05, 4.69) is 0 Å². The summed E-state index contributed by atoms with van der Waals surface area (Å²) in [4.78, 5) is 20.9. The fraction of sp³-hybridized carbons (Fsp3) is 0. The lowest BCUT2D eigenvalue weighted by atomic mass is 10.2. The maximum Gasteiger partial charge on any atom is 0.328 e. The largest absolute Gasteiger partial charge is 0.478 e. The van der Waals surface area contributed by atoms with E-state index >= 15 is 0 Å². The Morgan fingerprint density at radius 2 is 1.61 bits per heavy atom. The molecule has 3 aromatic rings. The first-order valence-electron chi connectivity index (χ1n) is 7.23. The Bertz CT molecular complexity index is 1100. The van der Waals surface area contributed by atoms with Gasteiger partial charge in [-0.1, -0.05) is 11.6 Å². The summed E-state index contributed by atoms with van der Waals surface area (Å²) in [6.45, 7) is 0. The highest BCUT2D eigenvalue weighted by Crippen LogP contribution is 2.38. The van der Waals surface area contributed by atoms with Gasteiger partial charge in [0.1, 0.15) is 28.1 Å². The van der Waals surface area contributed by atoms with Crippen LogP contribution in [0.4, 0.5) is 17.6 Å². The molecule has 0 atom stereocenters. The number of carbonyl (C=O) groups excluding carboxylic acids is 1. The highest BCUT2D eigenvalue weighted by molar-refractivity contribution is 7.23. The molecule has 2 aromatic carbocycles. The van der Waals surface area contributed by atoms with Crippen molar-refractivity contribution in [1.29, 1.82) is 0 Å². The molecule has 3 nitrogen and oxygen atoms in total. The number of carbonyl (C=O) groups is 2. The molecule has 28 heavy (non-hydrogen) atoms. The third kappa shape index (κ3) is 5.09. The maximum absolute atomic E-state index is 13.3. The van der Waals surface area contributed by atoms with Gasteiger partial charge in [-0.2, -0.15) is 0 Å². The van der Waals surface area contributed by atoms with Crippen molar-refractivity contribution in [1.82, 2.24) is 0 Å². The summed E-state index contributed by atoms with van der Waals surface area (Å²) in [5, 5.41) is 7.19. The van der Waals surface area contributed by atoms with Crippen molar-refractivity contribution in [2.24, 2.45) is 0 Å². The van der Waals surface area contributed by atoms with Gasteiger partial charge in [-0.15, -0.1) is 11.3 Å². The van der Waals surface area contributed by atoms with Gasteiger partial charge in [0, 0.05) is 11.6 Å². The first-order chi connectivity index (χ1) is 13.1. The zero-order valence-corrected chi connectivity index (χ0v) is 15.8. The lowest BCUT2D eigenvalue weighted by molar-refractivity contribution is -0.131. The zero-order valence-electron chi connectivity index (χ0n) is 13.5. The van der Waals surface area contributed by atoms with Crippen LogP contribution in [0.3, 0.4) is 0 Å². The molecule has 0 spiro atoms. The van der Waals surface area contributed by atoms with E-state index in [0.29, 0.717) is 0 Å². The summed E-state index contributed by atoms with van der Waals surface area (Å²) in [6, 6.07) is 4.77. The van der Waals surface area contributed by atoms with Crippen LogP contribution in [0.1, 0.15) is 15.2 Å². The minimum absolute atomic E-state index is 0.00370. The highest BCUT2D eigenvalue weighted by atomic mass is 35.5. The molecule has 0 bridgehead atoms. The fourth-order valence-electron chi connectivity index (χ4n) is 2.03. The van der Waals surface area contributed by atoms with E-state index in [1.165, 1.54) is 0 Å². The lowest BCUT2D eigenvalue weighted by Crippen LogP contribution is -1.88. The molecule has 0 aliphatic rings. The van der Waals surface area contributed by atoms with Crippen molar-refractivity contribution in [3.05, 3.63) is 75.1 Å². The van der Waals surface area contributed by atoms with Crippen molar-refractivity contribution in [2.75, 3.05) is 0 Å². The molecule has 1 N–H and O–H groups in total. The van der Waals surface area contributed by atoms with Gasteiger partial charge in [-0.05, 0) is 48.0 Å². The lowest BCUT2D eigenvalue weighted by Gasteiger charge is -1.95. The standard InChI is InChI=1S/C9H2Cl2F2OS.C9H6F2O2/c10-6-5-3(12)1-2-4(13)7(5)15-8(6)9(11)14;10-7-2-3-8(11)6(5-7)1-4-9(12)13/h1-2H;1-5H,(H,12,13). The third-order valence-electron chi connectivity index (χ3n) is 3.22. The molecule has 3 rings (SSSR count). The van der Waals surface area contributed by atoms with Crippen LogP contribution in [0, 0.1) is 23.3 Å². The molecular formula is C18H8Cl2F4O3S. The number of hydrogen-bond acceptors (Lipinski definition) is 3. The Balaban J connectivity index is 0.000000203. The van der Waals surface area contributed by atoms with E-state index in [0.717, 1.165) is 53.8 Å². The Labute approximate surface area is 169 Å². The second kappa shape index (κ2) is 9.18. The van der Waals surface area contributed by atoms with Crippen LogP contribution < -0.4 is 0 Å². The molecule has 0 radical (unpaired) electrons. The number of carboxylic acid groups (broad SMARTS) is 1. The van der Waals surface area contributed by atoms with Crippen LogP contribution in [0.5, 0.6) is 0 Å². The zero-order chi connectivity index (χ0) is 21.0. The fourth-order valence-corrected chi connectivity index (χ4v) is 3.67. The monoisotopic (exact) mass is 450 g/mol. The quantitative estimate of drug-likeness (QED) is 0.290. The van der Waals surface area contributed by atoms with Crippen molar-refractivity contribution < 1.29 is 32.3 Å². The Kier molecular flexibility index (Phi) is 7.17. The van der Waals surface area contributed by atoms with Gasteiger partial charge in [0.05, 0.1) is 15.1 Å². The number of aliphatic carboxylic acids is 1. The Morgan fingerprint density at radius 3 is 2.18 bits per heavy atom. The number of hydrogen-bond donors (Lipinski definition) is 1. The average Bonchev–Trinajstić information content (AvgIpc) is 2.98. The summed E-state index contributed by atoms with van der Waals surface area (Å²) in [7, 11) is 0. The molecule has 0 saturated heterocycles. The van der Waals surface area contributed by atoms with Gasteiger partial charge in [-0.25, -0.2) is 22.4 Å². The van der Waals surface area contributed by atoms with Crippen LogP contribution >= 0.6 is 34.5 Å². The summed E-state index contributed by atoms with van der Waals surface area (Å²) < 4.78 is 51.9. The van der Waals surface area contributed by atoms with Gasteiger partial charge in [0.15, 0.2) is 0 Å². The molecule has 0 amide bonds. The summed E-state index contributed by atoms with van der Waals surface area (Å²) >= 11 is 11.7. The average molecular weight is 451 g/mol. The summed E-state index contributed by atoms with van der Waals surface area (Å²) in [5.41, 5.74) is -0.0811. The van der Waals surface area contributed by atoms with Gasteiger partial charge in [0.2, 0.25) is 0 Å². The predicted octanol–water partition coefficient (Wildman–Crippen LogP) is 6.27. The summed E-state index contributed by atoms with van der Waals surface area (Å²) in [5.74, 6) is -3.76. The predicted molar refractivity (Wildman–Crippen MR) is 100.0 cm³/mol. The van der Waals surface area contributed by atoms with Crippen LogP contribution in [0.15, 0.2) is 36.4 Å². The SMILES string of the molecule is O=C(Cl)c1sc2c(F)ccc(F)c2c1Cl.O=C(O)C=Cc1cc(F)ccc1F. The number of rotatable bonds is 3. The smallest absolute Gasteiger partial charge is 0.328 e. The van der Waals surface area contributed by atoms with E-state index in [-0.39, 0.29) is 25.5 Å². The second-order valence-electron chi connectivity index (χ2n) is 5.09. The highest BCUT2D eigenvalue weighted by Gasteiger charge is 2.20. The Hall–Kier alpha value is -2.42. The van der Waals surface area contributed by atoms with E-state index < -0.39 is 34.5 Å². The van der Waals surface area contributed by atoms with Crippen LogP contribution in [-0.2, 0) is 4.79 Å². The number of thiophene rings is 1. The minimum Gasteiger partial charge on any atom is -0.478 e. The van der Waals surface area contributed by atoms with Crippen LogP contribution in [0.25, 0.3) is 16.2 Å². The molecule has 146 valence electrons. The minimum atomic E-state index is -1.20. The Morgan fingerprint density at radius 1 is 1.00 bits per heavy atom. The number of benzene rings is 2. The van der Waals surface area contributed by atoms with Crippen LogP contribution in [0.2, 0.25) is 5.02 Å². The third-order valence-corrected chi connectivity index (χ3v) is 5.21.